The van der Waals surface area contributed by atoms with Crippen molar-refractivity contribution in [3.05, 3.63) is 35.9 Å². The van der Waals surface area contributed by atoms with E-state index in [1.807, 2.05) is 37.3 Å². The number of carbonyl (C=O) groups excluding carboxylic acids is 2. The van der Waals surface area contributed by atoms with Crippen LogP contribution in [0.1, 0.15) is 31.7 Å². The Morgan fingerprint density at radius 2 is 1.91 bits per heavy atom. The van der Waals surface area contributed by atoms with Crippen LogP contribution in [-0.4, -0.2) is 35.6 Å². The molecule has 0 spiro atoms. The lowest BCUT2D eigenvalue weighted by molar-refractivity contribution is -0.124. The van der Waals surface area contributed by atoms with Crippen LogP contribution in [0.2, 0.25) is 0 Å². The first-order valence-corrected chi connectivity index (χ1v) is 7.76. The zero-order chi connectivity index (χ0) is 16.0. The molecular formula is C17H24N2O3. The molecule has 0 aliphatic heterocycles. The average Bonchev–Trinajstić information content (AvgIpc) is 3.33. The highest BCUT2D eigenvalue weighted by Gasteiger charge is 2.41. The quantitative estimate of drug-likeness (QED) is 0.671. The van der Waals surface area contributed by atoms with Crippen LogP contribution in [0.4, 0.5) is 0 Å². The Kier molecular flexibility index (Phi) is 5.55. The zero-order valence-corrected chi connectivity index (χ0v) is 13.0. The Labute approximate surface area is 131 Å². The number of hydrogen-bond donors (Lipinski definition) is 3. The summed E-state index contributed by atoms with van der Waals surface area (Å²) >= 11 is 0. The molecule has 120 valence electrons. The van der Waals surface area contributed by atoms with Gasteiger partial charge in [-0.25, -0.2) is 0 Å². The van der Waals surface area contributed by atoms with E-state index in [9.17, 15) is 14.7 Å². The van der Waals surface area contributed by atoms with Crippen molar-refractivity contribution in [2.75, 3.05) is 13.2 Å². The number of benzene rings is 1. The van der Waals surface area contributed by atoms with E-state index in [0.29, 0.717) is 18.9 Å². The second kappa shape index (κ2) is 7.40. The molecule has 2 rings (SSSR count). The van der Waals surface area contributed by atoms with E-state index in [-0.39, 0.29) is 24.8 Å². The standard InChI is InChI=1S/C17H24N2O3/c1-17(12-20,14-7-8-14)19-15(21)9-10-18-16(22)11-13-5-3-2-4-6-13/h2-6,14,20H,7-12H2,1H3,(H,18,22)(H,19,21). The van der Waals surface area contributed by atoms with Crippen LogP contribution in [0.5, 0.6) is 0 Å². The SMILES string of the molecule is CC(CO)(NC(=O)CCNC(=O)Cc1ccccc1)C1CC1. The van der Waals surface area contributed by atoms with Gasteiger partial charge in [0.15, 0.2) is 0 Å². The smallest absolute Gasteiger partial charge is 0.224 e. The molecule has 2 amide bonds. The highest BCUT2D eigenvalue weighted by atomic mass is 16.3. The Morgan fingerprint density at radius 1 is 1.23 bits per heavy atom. The van der Waals surface area contributed by atoms with Gasteiger partial charge in [0.2, 0.25) is 11.8 Å². The van der Waals surface area contributed by atoms with E-state index < -0.39 is 5.54 Å². The van der Waals surface area contributed by atoms with Gasteiger partial charge in [-0.3, -0.25) is 9.59 Å². The molecule has 1 aromatic rings. The van der Waals surface area contributed by atoms with Crippen molar-refractivity contribution >= 4 is 11.8 Å². The minimum absolute atomic E-state index is 0.0518. The van der Waals surface area contributed by atoms with Crippen molar-refractivity contribution in [3.63, 3.8) is 0 Å². The largest absolute Gasteiger partial charge is 0.394 e. The monoisotopic (exact) mass is 304 g/mol. The average molecular weight is 304 g/mol. The van der Waals surface area contributed by atoms with E-state index >= 15 is 0 Å². The van der Waals surface area contributed by atoms with Crippen molar-refractivity contribution in [1.82, 2.24) is 10.6 Å². The lowest BCUT2D eigenvalue weighted by Crippen LogP contribution is -2.51. The minimum Gasteiger partial charge on any atom is -0.394 e. The first-order valence-electron chi connectivity index (χ1n) is 7.76. The van der Waals surface area contributed by atoms with Gasteiger partial charge in [0.25, 0.3) is 0 Å². The molecule has 22 heavy (non-hydrogen) atoms. The molecule has 1 saturated carbocycles. The highest BCUT2D eigenvalue weighted by Crippen LogP contribution is 2.39. The van der Waals surface area contributed by atoms with Gasteiger partial charge in [-0.05, 0) is 31.2 Å². The molecule has 5 nitrogen and oxygen atoms in total. The van der Waals surface area contributed by atoms with E-state index in [4.69, 9.17) is 0 Å². The summed E-state index contributed by atoms with van der Waals surface area (Å²) in [4.78, 5) is 23.7. The third-order valence-electron chi connectivity index (χ3n) is 4.11. The third kappa shape index (κ3) is 4.84. The summed E-state index contributed by atoms with van der Waals surface area (Å²) in [6.45, 7) is 2.13. The molecule has 0 aromatic heterocycles. The molecule has 1 aliphatic rings. The summed E-state index contributed by atoms with van der Waals surface area (Å²) < 4.78 is 0. The second-order valence-electron chi connectivity index (χ2n) is 6.16. The van der Waals surface area contributed by atoms with Crippen molar-refractivity contribution in [3.8, 4) is 0 Å². The maximum absolute atomic E-state index is 11.9. The van der Waals surface area contributed by atoms with Crippen molar-refractivity contribution in [2.24, 2.45) is 5.92 Å². The van der Waals surface area contributed by atoms with E-state index in [2.05, 4.69) is 10.6 Å². The van der Waals surface area contributed by atoms with Crippen LogP contribution in [0.25, 0.3) is 0 Å². The summed E-state index contributed by atoms with van der Waals surface area (Å²) in [6.07, 6.45) is 2.64. The van der Waals surface area contributed by atoms with Gasteiger partial charge in [-0.15, -0.1) is 0 Å². The number of nitrogens with one attached hydrogen (secondary N) is 2. The number of hydrogen-bond acceptors (Lipinski definition) is 3. The van der Waals surface area contributed by atoms with E-state index in [1.54, 1.807) is 0 Å². The van der Waals surface area contributed by atoms with Crippen LogP contribution in [0.15, 0.2) is 30.3 Å². The van der Waals surface area contributed by atoms with Crippen LogP contribution in [-0.2, 0) is 16.0 Å². The lowest BCUT2D eigenvalue weighted by Gasteiger charge is -2.28. The minimum atomic E-state index is -0.523. The normalized spacial score (nSPS) is 16.6. The topological polar surface area (TPSA) is 78.4 Å². The maximum atomic E-state index is 11.9. The zero-order valence-electron chi connectivity index (χ0n) is 13.0. The number of aliphatic hydroxyl groups is 1. The lowest BCUT2D eigenvalue weighted by atomic mass is 9.97. The molecule has 3 N–H and O–H groups in total. The Hall–Kier alpha value is -1.88. The summed E-state index contributed by atoms with van der Waals surface area (Å²) in [5, 5.41) is 15.1. The molecule has 1 aromatic carbocycles. The number of rotatable bonds is 8. The van der Waals surface area contributed by atoms with Crippen LogP contribution >= 0.6 is 0 Å². The highest BCUT2D eigenvalue weighted by molar-refractivity contribution is 5.80. The number of amides is 2. The Balaban J connectivity index is 1.67. The van der Waals surface area contributed by atoms with Crippen molar-refractivity contribution in [2.45, 2.75) is 38.1 Å². The summed E-state index contributed by atoms with van der Waals surface area (Å²) in [5.74, 6) is 0.142. The summed E-state index contributed by atoms with van der Waals surface area (Å²) in [5.41, 5.74) is 0.427. The van der Waals surface area contributed by atoms with E-state index in [1.165, 1.54) is 0 Å². The molecule has 0 bridgehead atoms. The predicted octanol–water partition coefficient (Wildman–Crippen LogP) is 1.01. The second-order valence-corrected chi connectivity index (χ2v) is 6.16. The van der Waals surface area contributed by atoms with Crippen molar-refractivity contribution < 1.29 is 14.7 Å². The van der Waals surface area contributed by atoms with Crippen molar-refractivity contribution in [1.29, 1.82) is 0 Å². The van der Waals surface area contributed by atoms with Gasteiger partial charge in [-0.2, -0.15) is 0 Å². The molecule has 1 atom stereocenters. The molecular weight excluding hydrogens is 280 g/mol. The fourth-order valence-corrected chi connectivity index (χ4v) is 2.53. The first kappa shape index (κ1) is 16.5. The first-order chi connectivity index (χ1) is 10.5. The molecule has 0 heterocycles. The Bertz CT molecular complexity index is 514. The molecule has 0 saturated heterocycles. The predicted molar refractivity (Wildman–Crippen MR) is 84.1 cm³/mol. The maximum Gasteiger partial charge on any atom is 0.224 e. The van der Waals surface area contributed by atoms with Gasteiger partial charge >= 0.3 is 0 Å². The fourth-order valence-electron chi connectivity index (χ4n) is 2.53. The third-order valence-corrected chi connectivity index (χ3v) is 4.11. The number of carbonyl (C=O) groups is 2. The summed E-state index contributed by atoms with van der Waals surface area (Å²) in [6, 6.07) is 9.49. The molecule has 0 radical (unpaired) electrons. The summed E-state index contributed by atoms with van der Waals surface area (Å²) in [7, 11) is 0. The fraction of sp³-hybridized carbons (Fsp3) is 0.529. The van der Waals surface area contributed by atoms with Crippen LogP contribution < -0.4 is 10.6 Å². The van der Waals surface area contributed by atoms with Gasteiger partial charge < -0.3 is 15.7 Å². The van der Waals surface area contributed by atoms with Crippen LogP contribution in [0.3, 0.4) is 0 Å². The molecule has 1 unspecified atom stereocenters. The Morgan fingerprint density at radius 3 is 2.50 bits per heavy atom. The van der Waals surface area contributed by atoms with Gasteiger partial charge in [0.1, 0.15) is 0 Å². The molecule has 1 aliphatic carbocycles. The van der Waals surface area contributed by atoms with E-state index in [0.717, 1.165) is 18.4 Å². The van der Waals surface area contributed by atoms with Gasteiger partial charge in [0.05, 0.1) is 18.6 Å². The van der Waals surface area contributed by atoms with Gasteiger partial charge in [-0.1, -0.05) is 30.3 Å². The van der Waals surface area contributed by atoms with Gasteiger partial charge in [0, 0.05) is 13.0 Å². The molecule has 1 fully saturated rings. The van der Waals surface area contributed by atoms with Crippen LogP contribution in [0, 0.1) is 5.92 Å². The molecule has 5 heteroatoms. The number of aliphatic hydroxyl groups excluding tert-OH is 1.